The second-order valence-electron chi connectivity index (χ2n) is 3.92. The SMILES string of the molecule is CC1C(=O)NCCN1Cc1ccnc(Cl)c1. The minimum Gasteiger partial charge on any atom is -0.353 e. The second kappa shape index (κ2) is 4.80. The Bertz CT molecular complexity index is 397. The highest BCUT2D eigenvalue weighted by Crippen LogP contribution is 2.13. The fourth-order valence-electron chi connectivity index (χ4n) is 1.82. The second-order valence-corrected chi connectivity index (χ2v) is 4.31. The molecular formula is C11H14ClN3O. The van der Waals surface area contributed by atoms with E-state index in [4.69, 9.17) is 11.6 Å². The van der Waals surface area contributed by atoms with E-state index in [-0.39, 0.29) is 11.9 Å². The van der Waals surface area contributed by atoms with Crippen molar-refractivity contribution in [2.24, 2.45) is 0 Å². The smallest absolute Gasteiger partial charge is 0.237 e. The highest BCUT2D eigenvalue weighted by atomic mass is 35.5. The predicted octanol–water partition coefficient (Wildman–Crippen LogP) is 1.06. The quantitative estimate of drug-likeness (QED) is 0.785. The number of carbonyl (C=O) groups excluding carboxylic acids is 1. The Morgan fingerprint density at radius 1 is 1.69 bits per heavy atom. The summed E-state index contributed by atoms with van der Waals surface area (Å²) in [6, 6.07) is 3.67. The Labute approximate surface area is 99.6 Å². The largest absolute Gasteiger partial charge is 0.353 e. The van der Waals surface area contributed by atoms with Crippen LogP contribution in [-0.2, 0) is 11.3 Å². The van der Waals surface area contributed by atoms with Gasteiger partial charge in [-0.1, -0.05) is 11.6 Å². The number of amides is 1. The zero-order valence-electron chi connectivity index (χ0n) is 9.11. The third-order valence-corrected chi connectivity index (χ3v) is 3.01. The molecule has 86 valence electrons. The van der Waals surface area contributed by atoms with Crippen LogP contribution in [0.5, 0.6) is 0 Å². The number of rotatable bonds is 2. The van der Waals surface area contributed by atoms with Gasteiger partial charge >= 0.3 is 0 Å². The standard InChI is InChI=1S/C11H14ClN3O/c1-8-11(16)14-4-5-15(8)7-9-2-3-13-10(12)6-9/h2-3,6,8H,4-5,7H2,1H3,(H,14,16). The number of hydrogen-bond donors (Lipinski definition) is 1. The molecule has 1 amide bonds. The van der Waals surface area contributed by atoms with Crippen LogP contribution in [0, 0.1) is 0 Å². The van der Waals surface area contributed by atoms with Crippen LogP contribution in [0.4, 0.5) is 0 Å². The van der Waals surface area contributed by atoms with Gasteiger partial charge < -0.3 is 5.32 Å². The van der Waals surface area contributed by atoms with Crippen LogP contribution in [0.15, 0.2) is 18.3 Å². The molecule has 1 aliphatic heterocycles. The maximum Gasteiger partial charge on any atom is 0.237 e. The van der Waals surface area contributed by atoms with Crippen LogP contribution in [-0.4, -0.2) is 34.9 Å². The summed E-state index contributed by atoms with van der Waals surface area (Å²) in [5.74, 6) is 0.0893. The van der Waals surface area contributed by atoms with Gasteiger partial charge in [-0.2, -0.15) is 0 Å². The van der Waals surface area contributed by atoms with Crippen LogP contribution < -0.4 is 5.32 Å². The number of pyridine rings is 1. The molecule has 1 unspecified atom stereocenters. The fraction of sp³-hybridized carbons (Fsp3) is 0.455. The number of aromatic nitrogens is 1. The predicted molar refractivity (Wildman–Crippen MR) is 62.1 cm³/mol. The third kappa shape index (κ3) is 2.51. The number of piperazine rings is 1. The molecule has 1 aromatic rings. The fourth-order valence-corrected chi connectivity index (χ4v) is 2.02. The normalized spacial score (nSPS) is 21.9. The van der Waals surface area contributed by atoms with Crippen molar-refractivity contribution >= 4 is 17.5 Å². The molecule has 1 fully saturated rings. The third-order valence-electron chi connectivity index (χ3n) is 2.80. The van der Waals surface area contributed by atoms with Gasteiger partial charge in [0, 0.05) is 25.8 Å². The van der Waals surface area contributed by atoms with Gasteiger partial charge in [0.1, 0.15) is 5.15 Å². The van der Waals surface area contributed by atoms with Crippen LogP contribution in [0.1, 0.15) is 12.5 Å². The van der Waals surface area contributed by atoms with Crippen LogP contribution in [0.2, 0.25) is 5.15 Å². The van der Waals surface area contributed by atoms with Gasteiger partial charge in [0.2, 0.25) is 5.91 Å². The van der Waals surface area contributed by atoms with E-state index in [0.29, 0.717) is 11.7 Å². The minimum atomic E-state index is -0.0827. The van der Waals surface area contributed by atoms with Gasteiger partial charge in [-0.15, -0.1) is 0 Å². The van der Waals surface area contributed by atoms with Gasteiger partial charge in [-0.3, -0.25) is 9.69 Å². The summed E-state index contributed by atoms with van der Waals surface area (Å²) in [6.45, 7) is 4.23. The maximum atomic E-state index is 11.5. The van der Waals surface area contributed by atoms with Crippen molar-refractivity contribution < 1.29 is 4.79 Å². The Hall–Kier alpha value is -1.13. The molecule has 1 N–H and O–H groups in total. The zero-order valence-corrected chi connectivity index (χ0v) is 9.87. The van der Waals surface area contributed by atoms with Crippen LogP contribution in [0.3, 0.4) is 0 Å². The van der Waals surface area contributed by atoms with Gasteiger partial charge in [0.25, 0.3) is 0 Å². The molecule has 0 saturated carbocycles. The first-order valence-electron chi connectivity index (χ1n) is 5.29. The molecule has 1 saturated heterocycles. The lowest BCUT2D eigenvalue weighted by Crippen LogP contribution is -2.53. The average Bonchev–Trinajstić information content (AvgIpc) is 2.25. The van der Waals surface area contributed by atoms with E-state index < -0.39 is 0 Å². The molecule has 16 heavy (non-hydrogen) atoms. The highest BCUT2D eigenvalue weighted by molar-refractivity contribution is 6.29. The lowest BCUT2D eigenvalue weighted by atomic mass is 10.1. The topological polar surface area (TPSA) is 45.2 Å². The van der Waals surface area contributed by atoms with Gasteiger partial charge in [0.15, 0.2) is 0 Å². The van der Waals surface area contributed by atoms with Crippen molar-refractivity contribution in [2.75, 3.05) is 13.1 Å². The van der Waals surface area contributed by atoms with Crippen molar-refractivity contribution in [2.45, 2.75) is 19.5 Å². The first-order valence-corrected chi connectivity index (χ1v) is 5.67. The summed E-state index contributed by atoms with van der Waals surface area (Å²) >= 11 is 5.82. The van der Waals surface area contributed by atoms with Crippen molar-refractivity contribution in [1.29, 1.82) is 0 Å². The molecule has 5 heteroatoms. The van der Waals surface area contributed by atoms with Gasteiger partial charge in [-0.05, 0) is 24.6 Å². The molecule has 1 atom stereocenters. The van der Waals surface area contributed by atoms with E-state index in [1.54, 1.807) is 6.20 Å². The molecule has 2 rings (SSSR count). The van der Waals surface area contributed by atoms with E-state index >= 15 is 0 Å². The number of nitrogens with zero attached hydrogens (tertiary/aromatic N) is 2. The zero-order chi connectivity index (χ0) is 11.5. The first kappa shape index (κ1) is 11.4. The molecule has 1 aliphatic rings. The van der Waals surface area contributed by atoms with E-state index in [1.807, 2.05) is 19.1 Å². The van der Waals surface area contributed by atoms with Crippen LogP contribution in [0.25, 0.3) is 0 Å². The van der Waals surface area contributed by atoms with E-state index in [0.717, 1.165) is 18.7 Å². The number of hydrogen-bond acceptors (Lipinski definition) is 3. The van der Waals surface area contributed by atoms with Crippen molar-refractivity contribution in [1.82, 2.24) is 15.2 Å². The Kier molecular flexibility index (Phi) is 3.41. The van der Waals surface area contributed by atoms with E-state index in [9.17, 15) is 4.79 Å². The van der Waals surface area contributed by atoms with E-state index in [1.165, 1.54) is 0 Å². The van der Waals surface area contributed by atoms with Crippen molar-refractivity contribution in [3.63, 3.8) is 0 Å². The molecule has 0 radical (unpaired) electrons. The van der Waals surface area contributed by atoms with Gasteiger partial charge in [-0.25, -0.2) is 4.98 Å². The number of carbonyl (C=O) groups is 1. The summed E-state index contributed by atoms with van der Waals surface area (Å²) in [7, 11) is 0. The first-order chi connectivity index (χ1) is 7.66. The molecule has 0 spiro atoms. The number of nitrogens with one attached hydrogen (secondary N) is 1. The monoisotopic (exact) mass is 239 g/mol. The number of halogens is 1. The Morgan fingerprint density at radius 3 is 3.25 bits per heavy atom. The molecule has 0 aromatic carbocycles. The lowest BCUT2D eigenvalue weighted by Gasteiger charge is -2.32. The minimum absolute atomic E-state index is 0.0827. The lowest BCUT2D eigenvalue weighted by molar-refractivity contribution is -0.128. The van der Waals surface area contributed by atoms with Crippen LogP contribution >= 0.6 is 11.6 Å². The molecule has 1 aromatic heterocycles. The Balaban J connectivity index is 2.06. The Morgan fingerprint density at radius 2 is 2.50 bits per heavy atom. The van der Waals surface area contributed by atoms with Crippen molar-refractivity contribution in [3.8, 4) is 0 Å². The van der Waals surface area contributed by atoms with E-state index in [2.05, 4.69) is 15.2 Å². The summed E-state index contributed by atoms with van der Waals surface area (Å²) in [5.41, 5.74) is 1.08. The molecule has 4 nitrogen and oxygen atoms in total. The molecule has 2 heterocycles. The van der Waals surface area contributed by atoms with Crippen molar-refractivity contribution in [3.05, 3.63) is 29.0 Å². The average molecular weight is 240 g/mol. The maximum absolute atomic E-state index is 11.5. The summed E-state index contributed by atoms with van der Waals surface area (Å²) in [4.78, 5) is 17.5. The van der Waals surface area contributed by atoms with Gasteiger partial charge in [0.05, 0.1) is 6.04 Å². The molecule has 0 bridgehead atoms. The molecular weight excluding hydrogens is 226 g/mol. The summed E-state index contributed by atoms with van der Waals surface area (Å²) in [6.07, 6.45) is 1.69. The molecule has 0 aliphatic carbocycles. The summed E-state index contributed by atoms with van der Waals surface area (Å²) in [5, 5.41) is 3.33. The highest BCUT2D eigenvalue weighted by Gasteiger charge is 2.25. The summed E-state index contributed by atoms with van der Waals surface area (Å²) < 4.78 is 0.